The summed E-state index contributed by atoms with van der Waals surface area (Å²) in [5.41, 5.74) is 0.332. The van der Waals surface area contributed by atoms with Crippen LogP contribution in [0.25, 0.3) is 0 Å². The van der Waals surface area contributed by atoms with Crippen LogP contribution in [0.4, 0.5) is 8.78 Å². The van der Waals surface area contributed by atoms with Crippen LogP contribution in [0.5, 0.6) is 0 Å². The first-order chi connectivity index (χ1) is 8.08. The quantitative estimate of drug-likeness (QED) is 0.757. The molecule has 1 aliphatic heterocycles. The summed E-state index contributed by atoms with van der Waals surface area (Å²) in [6, 6.07) is 3.85. The Hall–Kier alpha value is -1.16. The fourth-order valence-electron chi connectivity index (χ4n) is 1.76. The van der Waals surface area contributed by atoms with E-state index in [0.717, 1.165) is 6.07 Å². The molecule has 1 fully saturated rings. The fraction of sp³-hybridized carbons (Fsp3) is 0.333. The highest BCUT2D eigenvalue weighted by atomic mass is 35.5. The van der Waals surface area contributed by atoms with Crippen molar-refractivity contribution in [1.29, 1.82) is 0 Å². The molecule has 0 unspecified atom stereocenters. The maximum atomic E-state index is 12.9. The van der Waals surface area contributed by atoms with Crippen LogP contribution in [0, 0.1) is 12.0 Å². The minimum atomic E-state index is -0.554. The molecule has 1 heterocycles. The number of likely N-dealkylation sites (tertiary alicyclic amines) is 1. The summed E-state index contributed by atoms with van der Waals surface area (Å²) in [5, 5.41) is -0.0781. The van der Waals surface area contributed by atoms with E-state index < -0.39 is 5.82 Å². The summed E-state index contributed by atoms with van der Waals surface area (Å²) in [7, 11) is 0. The smallest absolute Gasteiger partial charge is 0.253 e. The number of carbonyl (C=O) groups excluding carboxylic acids is 1. The minimum Gasteiger partial charge on any atom is -0.338 e. The number of nitrogens with zero attached hydrogens (tertiary/aromatic N) is 1. The zero-order chi connectivity index (χ0) is 12.4. The first-order valence-electron chi connectivity index (χ1n) is 5.32. The average Bonchev–Trinajstić information content (AvgIpc) is 2.33. The Balaban J connectivity index is 2.11. The third-order valence-corrected chi connectivity index (χ3v) is 3.05. The van der Waals surface area contributed by atoms with Crippen molar-refractivity contribution in [2.75, 3.05) is 13.1 Å². The average molecular weight is 259 g/mol. The summed E-state index contributed by atoms with van der Waals surface area (Å²) < 4.78 is 25.8. The van der Waals surface area contributed by atoms with Crippen LogP contribution in [0.15, 0.2) is 18.2 Å². The molecule has 17 heavy (non-hydrogen) atoms. The molecule has 1 aromatic carbocycles. The second kappa shape index (κ2) is 5.00. The van der Waals surface area contributed by atoms with Gasteiger partial charge in [-0.25, -0.2) is 8.78 Å². The molecular formula is C12H11ClF2NO. The Morgan fingerprint density at radius 3 is 2.47 bits per heavy atom. The zero-order valence-corrected chi connectivity index (χ0v) is 9.81. The Bertz CT molecular complexity index is 431. The number of benzene rings is 1. The van der Waals surface area contributed by atoms with Gasteiger partial charge in [0.05, 0.1) is 5.02 Å². The molecule has 0 spiro atoms. The standard InChI is InChI=1S/C12H11ClF2NO/c13-10-7-8(1-2-11(10)15)12(17)16-5-3-9(14)4-6-16/h1-2,7H,3-6H2. The van der Waals surface area contributed by atoms with Gasteiger partial charge in [-0.15, -0.1) is 0 Å². The lowest BCUT2D eigenvalue weighted by Gasteiger charge is -2.28. The molecule has 2 rings (SSSR count). The van der Waals surface area contributed by atoms with E-state index in [1.807, 2.05) is 0 Å². The predicted octanol–water partition coefficient (Wildman–Crippen LogP) is 3.22. The van der Waals surface area contributed by atoms with Crippen molar-refractivity contribution in [1.82, 2.24) is 4.90 Å². The van der Waals surface area contributed by atoms with Gasteiger partial charge in [-0.3, -0.25) is 4.79 Å². The number of piperidine rings is 1. The molecule has 1 saturated heterocycles. The van der Waals surface area contributed by atoms with Crippen molar-refractivity contribution >= 4 is 17.5 Å². The molecule has 1 aromatic rings. The Morgan fingerprint density at radius 1 is 1.24 bits per heavy atom. The Labute approximate surface area is 103 Å². The minimum absolute atomic E-state index is 0.0776. The van der Waals surface area contributed by atoms with Crippen LogP contribution in [-0.2, 0) is 0 Å². The lowest BCUT2D eigenvalue weighted by atomic mass is 10.1. The number of rotatable bonds is 1. The van der Waals surface area contributed by atoms with Gasteiger partial charge in [0, 0.05) is 31.5 Å². The Morgan fingerprint density at radius 2 is 1.88 bits per heavy atom. The molecule has 1 amide bonds. The number of carbonyl (C=O) groups is 1. The van der Waals surface area contributed by atoms with Crippen LogP contribution in [0.1, 0.15) is 23.2 Å². The van der Waals surface area contributed by atoms with E-state index >= 15 is 0 Å². The topological polar surface area (TPSA) is 20.3 Å². The Kier molecular flexibility index (Phi) is 3.62. The lowest BCUT2D eigenvalue weighted by molar-refractivity contribution is 0.0715. The molecule has 2 nitrogen and oxygen atoms in total. The number of amides is 1. The van der Waals surface area contributed by atoms with Crippen molar-refractivity contribution in [2.24, 2.45) is 0 Å². The van der Waals surface area contributed by atoms with Gasteiger partial charge >= 0.3 is 0 Å². The van der Waals surface area contributed by atoms with Crippen LogP contribution >= 0.6 is 11.6 Å². The number of halogens is 3. The van der Waals surface area contributed by atoms with Gasteiger partial charge in [0.15, 0.2) is 0 Å². The van der Waals surface area contributed by atoms with E-state index in [1.54, 1.807) is 4.90 Å². The molecule has 91 valence electrons. The highest BCUT2D eigenvalue weighted by Crippen LogP contribution is 2.23. The molecule has 0 aliphatic carbocycles. The predicted molar refractivity (Wildman–Crippen MR) is 60.9 cm³/mol. The molecule has 5 heteroatoms. The SMILES string of the molecule is O=C(c1ccc(F)c(Cl)c1)N1CC[C](F)CC1. The summed E-state index contributed by atoms with van der Waals surface area (Å²) in [6.45, 7) is 0.722. The van der Waals surface area contributed by atoms with Crippen molar-refractivity contribution in [3.05, 3.63) is 40.8 Å². The van der Waals surface area contributed by atoms with Crippen molar-refractivity contribution < 1.29 is 13.6 Å². The largest absolute Gasteiger partial charge is 0.338 e. The molecular weight excluding hydrogens is 248 g/mol. The maximum absolute atomic E-state index is 12.9. The molecule has 0 atom stereocenters. The van der Waals surface area contributed by atoms with Gasteiger partial charge in [0.25, 0.3) is 5.91 Å². The van der Waals surface area contributed by atoms with Crippen molar-refractivity contribution in [3.63, 3.8) is 0 Å². The summed E-state index contributed by atoms with van der Waals surface area (Å²) in [6.07, 6.45) is 0.479. The van der Waals surface area contributed by atoms with Gasteiger partial charge in [-0.2, -0.15) is 0 Å². The first-order valence-corrected chi connectivity index (χ1v) is 5.70. The molecule has 0 saturated carbocycles. The summed E-state index contributed by atoms with van der Waals surface area (Å²) >= 11 is 5.61. The van der Waals surface area contributed by atoms with Crippen molar-refractivity contribution in [3.8, 4) is 0 Å². The van der Waals surface area contributed by atoms with Crippen LogP contribution < -0.4 is 0 Å². The van der Waals surface area contributed by atoms with E-state index in [-0.39, 0.29) is 29.9 Å². The molecule has 0 aromatic heterocycles. The van der Waals surface area contributed by atoms with Crippen molar-refractivity contribution in [2.45, 2.75) is 12.8 Å². The van der Waals surface area contributed by atoms with E-state index in [1.165, 1.54) is 12.1 Å². The second-order valence-electron chi connectivity index (χ2n) is 3.94. The molecule has 1 aliphatic rings. The highest BCUT2D eigenvalue weighted by Gasteiger charge is 2.24. The van der Waals surface area contributed by atoms with Gasteiger partial charge in [0.2, 0.25) is 0 Å². The normalized spacial score (nSPS) is 17.2. The van der Waals surface area contributed by atoms with E-state index in [4.69, 9.17) is 11.6 Å². The maximum Gasteiger partial charge on any atom is 0.253 e. The van der Waals surface area contributed by atoms with Gasteiger partial charge < -0.3 is 4.90 Å². The third kappa shape index (κ3) is 2.75. The van der Waals surface area contributed by atoms with E-state index in [2.05, 4.69) is 0 Å². The molecule has 1 radical (unpaired) electrons. The molecule has 0 N–H and O–H groups in total. The second-order valence-corrected chi connectivity index (χ2v) is 4.35. The lowest BCUT2D eigenvalue weighted by Crippen LogP contribution is -2.37. The number of hydrogen-bond acceptors (Lipinski definition) is 1. The summed E-state index contributed by atoms with van der Waals surface area (Å²) in [5.74, 6) is -0.791. The van der Waals surface area contributed by atoms with Crippen LogP contribution in [0.2, 0.25) is 5.02 Å². The van der Waals surface area contributed by atoms with Crippen LogP contribution in [-0.4, -0.2) is 23.9 Å². The van der Waals surface area contributed by atoms with Gasteiger partial charge in [0.1, 0.15) is 12.0 Å². The molecule has 0 bridgehead atoms. The van der Waals surface area contributed by atoms with Crippen LogP contribution in [0.3, 0.4) is 0 Å². The van der Waals surface area contributed by atoms with E-state index in [9.17, 15) is 13.6 Å². The summed E-state index contributed by atoms with van der Waals surface area (Å²) in [4.78, 5) is 13.5. The monoisotopic (exact) mass is 258 g/mol. The first kappa shape index (κ1) is 12.3. The number of hydrogen-bond donors (Lipinski definition) is 0. The van der Waals surface area contributed by atoms with Gasteiger partial charge in [-0.1, -0.05) is 11.6 Å². The third-order valence-electron chi connectivity index (χ3n) is 2.76. The highest BCUT2D eigenvalue weighted by molar-refractivity contribution is 6.31. The fourth-order valence-corrected chi connectivity index (χ4v) is 1.94. The zero-order valence-electron chi connectivity index (χ0n) is 9.05. The van der Waals surface area contributed by atoms with E-state index in [0.29, 0.717) is 18.7 Å². The van der Waals surface area contributed by atoms with Gasteiger partial charge in [-0.05, 0) is 18.2 Å².